The summed E-state index contributed by atoms with van der Waals surface area (Å²) in [6, 6.07) is 15.4. The van der Waals surface area contributed by atoms with Crippen molar-refractivity contribution in [3.05, 3.63) is 77.3 Å². The molecule has 1 aromatic heterocycles. The van der Waals surface area contributed by atoms with Crippen LogP contribution in [0, 0.1) is 0 Å². The van der Waals surface area contributed by atoms with E-state index in [1.807, 2.05) is 18.2 Å². The summed E-state index contributed by atoms with van der Waals surface area (Å²) in [7, 11) is 0. The summed E-state index contributed by atoms with van der Waals surface area (Å²) in [4.78, 5) is 21.3. The maximum Gasteiger partial charge on any atom is 0.573 e. The van der Waals surface area contributed by atoms with Crippen LogP contribution in [-0.2, 0) is 0 Å². The number of alkyl halides is 3. The molecule has 10 heteroatoms. The molecule has 0 radical (unpaired) electrons. The lowest BCUT2D eigenvalue weighted by molar-refractivity contribution is -0.274. The number of nitrogens with zero attached hydrogens (tertiary/aromatic N) is 3. The first-order valence-electron chi connectivity index (χ1n) is 10.7. The number of ether oxygens (including phenoxy) is 1. The zero-order valence-electron chi connectivity index (χ0n) is 18.2. The van der Waals surface area contributed by atoms with Gasteiger partial charge in [0.2, 0.25) is 0 Å². The summed E-state index contributed by atoms with van der Waals surface area (Å²) in [6.45, 7) is 3.64. The standard InChI is InChI=1S/C24H23F3N4O2S/c25-24(26,27)33-20-10-8-19(9-11-20)28-23-29-21(17-34-23)22(32)31-15-13-30(14-16-31)12-4-7-18-5-2-1-3-6-18/h1-11,17H,12-16H2,(H,28,29)/b7-4+. The highest BCUT2D eigenvalue weighted by molar-refractivity contribution is 7.14. The third kappa shape index (κ3) is 6.82. The zero-order chi connectivity index (χ0) is 24.0. The molecule has 178 valence electrons. The third-order valence-electron chi connectivity index (χ3n) is 5.20. The van der Waals surface area contributed by atoms with Crippen molar-refractivity contribution in [1.29, 1.82) is 0 Å². The summed E-state index contributed by atoms with van der Waals surface area (Å²) < 4.78 is 40.7. The molecule has 3 aromatic rings. The molecule has 0 bridgehead atoms. The van der Waals surface area contributed by atoms with Crippen molar-refractivity contribution in [3.8, 4) is 5.75 Å². The van der Waals surface area contributed by atoms with E-state index in [0.29, 0.717) is 29.6 Å². The molecule has 1 saturated heterocycles. The van der Waals surface area contributed by atoms with Crippen LogP contribution in [0.2, 0.25) is 0 Å². The average molecular weight is 489 g/mol. The predicted octanol–water partition coefficient (Wildman–Crippen LogP) is 5.26. The highest BCUT2D eigenvalue weighted by atomic mass is 32.1. The van der Waals surface area contributed by atoms with Crippen molar-refractivity contribution in [2.45, 2.75) is 6.36 Å². The molecule has 1 aliphatic heterocycles. The number of nitrogens with one attached hydrogen (secondary N) is 1. The van der Waals surface area contributed by atoms with Crippen molar-refractivity contribution < 1.29 is 22.7 Å². The molecule has 1 aliphatic rings. The number of rotatable bonds is 7. The topological polar surface area (TPSA) is 57.7 Å². The molecule has 2 heterocycles. The number of amides is 1. The number of hydrogen-bond acceptors (Lipinski definition) is 6. The first-order valence-corrected chi connectivity index (χ1v) is 11.6. The number of carbonyl (C=O) groups excluding carboxylic acids is 1. The van der Waals surface area contributed by atoms with Crippen LogP contribution in [0.1, 0.15) is 16.1 Å². The number of thiazole rings is 1. The Hall–Kier alpha value is -3.37. The van der Waals surface area contributed by atoms with Gasteiger partial charge in [0.05, 0.1) is 0 Å². The first kappa shape index (κ1) is 23.8. The van der Waals surface area contributed by atoms with E-state index in [4.69, 9.17) is 0 Å². The number of carbonyl (C=O) groups is 1. The van der Waals surface area contributed by atoms with Crippen LogP contribution in [0.5, 0.6) is 5.75 Å². The fourth-order valence-corrected chi connectivity index (χ4v) is 4.19. The molecule has 4 rings (SSSR count). The monoisotopic (exact) mass is 488 g/mol. The lowest BCUT2D eigenvalue weighted by Crippen LogP contribution is -2.48. The quantitative estimate of drug-likeness (QED) is 0.492. The van der Waals surface area contributed by atoms with Crippen molar-refractivity contribution in [3.63, 3.8) is 0 Å². The van der Waals surface area contributed by atoms with Gasteiger partial charge in [-0.05, 0) is 29.8 Å². The summed E-state index contributed by atoms with van der Waals surface area (Å²) in [6.07, 6.45) is -0.505. The van der Waals surface area contributed by atoms with Crippen LogP contribution < -0.4 is 10.1 Å². The number of piperazine rings is 1. The van der Waals surface area contributed by atoms with Crippen molar-refractivity contribution in [2.24, 2.45) is 0 Å². The number of benzene rings is 2. The van der Waals surface area contributed by atoms with Crippen LogP contribution in [0.15, 0.2) is 66.1 Å². The summed E-state index contributed by atoms with van der Waals surface area (Å²) in [5.41, 5.74) is 2.05. The van der Waals surface area contributed by atoms with Gasteiger partial charge in [0.15, 0.2) is 5.13 Å². The van der Waals surface area contributed by atoms with Gasteiger partial charge >= 0.3 is 6.36 Å². The van der Waals surface area contributed by atoms with E-state index in [-0.39, 0.29) is 11.7 Å². The van der Waals surface area contributed by atoms with Gasteiger partial charge in [-0.2, -0.15) is 0 Å². The second-order valence-electron chi connectivity index (χ2n) is 7.64. The smallest absolute Gasteiger partial charge is 0.406 e. The van der Waals surface area contributed by atoms with Crippen molar-refractivity contribution in [1.82, 2.24) is 14.8 Å². The molecule has 34 heavy (non-hydrogen) atoms. The van der Waals surface area contributed by atoms with E-state index < -0.39 is 6.36 Å². The molecule has 0 saturated carbocycles. The number of aromatic nitrogens is 1. The minimum atomic E-state index is -4.73. The maximum atomic E-state index is 12.8. The van der Waals surface area contributed by atoms with Gasteiger partial charge in [-0.25, -0.2) is 4.98 Å². The molecule has 0 atom stereocenters. The largest absolute Gasteiger partial charge is 0.573 e. The Balaban J connectivity index is 1.25. The Bertz CT molecular complexity index is 1110. The Labute approximate surface area is 199 Å². The molecule has 2 aromatic carbocycles. The SMILES string of the molecule is O=C(c1csc(Nc2ccc(OC(F)(F)F)cc2)n1)N1CCN(C/C=C/c2ccccc2)CC1. The first-order chi connectivity index (χ1) is 16.4. The Morgan fingerprint density at radius 3 is 2.44 bits per heavy atom. The molecular formula is C24H23F3N4O2S. The van der Waals surface area contributed by atoms with E-state index in [0.717, 1.165) is 25.2 Å². The molecule has 1 fully saturated rings. The molecule has 6 nitrogen and oxygen atoms in total. The zero-order valence-corrected chi connectivity index (χ0v) is 19.0. The Kier molecular flexibility index (Phi) is 7.49. The fourth-order valence-electron chi connectivity index (χ4n) is 3.49. The van der Waals surface area contributed by atoms with Gasteiger partial charge in [0.25, 0.3) is 5.91 Å². The van der Waals surface area contributed by atoms with Gasteiger partial charge in [-0.3, -0.25) is 9.69 Å². The highest BCUT2D eigenvalue weighted by Gasteiger charge is 2.31. The molecule has 1 N–H and O–H groups in total. The van der Waals surface area contributed by atoms with Crippen LogP contribution in [0.4, 0.5) is 24.0 Å². The fraction of sp³-hybridized carbons (Fsp3) is 0.250. The lowest BCUT2D eigenvalue weighted by Gasteiger charge is -2.33. The van der Waals surface area contributed by atoms with E-state index in [1.165, 1.54) is 35.6 Å². The van der Waals surface area contributed by atoms with Gasteiger partial charge in [-0.15, -0.1) is 24.5 Å². The Morgan fingerprint density at radius 1 is 1.06 bits per heavy atom. The molecular weight excluding hydrogens is 465 g/mol. The van der Waals surface area contributed by atoms with E-state index in [2.05, 4.69) is 44.2 Å². The number of hydrogen-bond donors (Lipinski definition) is 1. The summed E-state index contributed by atoms with van der Waals surface area (Å²) >= 11 is 1.26. The van der Waals surface area contributed by atoms with Crippen LogP contribution in [0.25, 0.3) is 6.08 Å². The summed E-state index contributed by atoms with van der Waals surface area (Å²) in [5.74, 6) is -0.430. The number of halogens is 3. The normalized spacial score (nSPS) is 15.0. The second kappa shape index (κ2) is 10.7. The van der Waals surface area contributed by atoms with Crippen molar-refractivity contribution >= 4 is 34.1 Å². The van der Waals surface area contributed by atoms with Gasteiger partial charge in [0, 0.05) is 43.8 Å². The Morgan fingerprint density at radius 2 is 1.76 bits per heavy atom. The molecule has 0 aliphatic carbocycles. The molecule has 1 amide bonds. The van der Waals surface area contributed by atoms with Crippen LogP contribution in [0.3, 0.4) is 0 Å². The average Bonchev–Trinajstić information content (AvgIpc) is 3.29. The van der Waals surface area contributed by atoms with E-state index in [1.54, 1.807) is 10.3 Å². The van der Waals surface area contributed by atoms with Crippen LogP contribution in [-0.4, -0.2) is 59.8 Å². The minimum Gasteiger partial charge on any atom is -0.406 e. The highest BCUT2D eigenvalue weighted by Crippen LogP contribution is 2.26. The van der Waals surface area contributed by atoms with Gasteiger partial charge < -0.3 is 15.0 Å². The van der Waals surface area contributed by atoms with Gasteiger partial charge in [0.1, 0.15) is 11.4 Å². The third-order valence-corrected chi connectivity index (χ3v) is 5.95. The molecule has 0 spiro atoms. The maximum absolute atomic E-state index is 12.8. The lowest BCUT2D eigenvalue weighted by atomic mass is 10.2. The molecule has 0 unspecified atom stereocenters. The van der Waals surface area contributed by atoms with Crippen molar-refractivity contribution in [2.75, 3.05) is 38.0 Å². The minimum absolute atomic E-state index is 0.127. The predicted molar refractivity (Wildman–Crippen MR) is 126 cm³/mol. The van der Waals surface area contributed by atoms with Crippen LogP contribution >= 0.6 is 11.3 Å². The van der Waals surface area contributed by atoms with E-state index >= 15 is 0 Å². The second-order valence-corrected chi connectivity index (χ2v) is 8.50. The number of anilines is 2. The van der Waals surface area contributed by atoms with E-state index in [9.17, 15) is 18.0 Å². The summed E-state index contributed by atoms with van der Waals surface area (Å²) in [5, 5.41) is 5.17. The van der Waals surface area contributed by atoms with Gasteiger partial charge in [-0.1, -0.05) is 42.5 Å².